The third kappa shape index (κ3) is 3.59. The molecule has 0 aliphatic carbocycles. The first-order chi connectivity index (χ1) is 10.7. The lowest BCUT2D eigenvalue weighted by atomic mass is 10.2. The van der Waals surface area contributed by atoms with Crippen LogP contribution in [0.5, 0.6) is 0 Å². The maximum Gasteiger partial charge on any atom is 0.249 e. The van der Waals surface area contributed by atoms with Crippen LogP contribution in [-0.2, 0) is 0 Å². The van der Waals surface area contributed by atoms with Crippen LogP contribution in [0.2, 0.25) is 0 Å². The number of halogens is 1. The number of para-hydroxylation sites is 1. The normalized spacial score (nSPS) is 10.3. The second kappa shape index (κ2) is 6.53. The van der Waals surface area contributed by atoms with E-state index in [9.17, 15) is 0 Å². The summed E-state index contributed by atoms with van der Waals surface area (Å²) in [4.78, 5) is 4.41. The van der Waals surface area contributed by atoms with Crippen LogP contribution in [0.4, 0.5) is 23.1 Å². The SMILES string of the molecule is Cc1ccc(Nc2cnnc(Nc3ccccc3)n2)c(Br)c1. The fraction of sp³-hybridized carbons (Fsp3) is 0.0625. The van der Waals surface area contributed by atoms with E-state index < -0.39 is 0 Å². The van der Waals surface area contributed by atoms with Crippen molar-refractivity contribution >= 4 is 39.1 Å². The first-order valence-corrected chi connectivity index (χ1v) is 7.55. The maximum atomic E-state index is 4.41. The highest BCUT2D eigenvalue weighted by Crippen LogP contribution is 2.26. The van der Waals surface area contributed by atoms with Gasteiger partial charge in [0.15, 0.2) is 5.82 Å². The Morgan fingerprint density at radius 2 is 1.82 bits per heavy atom. The second-order valence-corrected chi connectivity index (χ2v) is 5.62. The number of aryl methyl sites for hydroxylation is 1. The standard InChI is InChI=1S/C16H14BrN5/c1-11-7-8-14(13(17)9-11)20-15-10-18-22-16(21-15)19-12-5-3-2-4-6-12/h2-10H,1H3,(H2,19,20,21,22). The predicted octanol–water partition coefficient (Wildman–Crippen LogP) is 4.43. The molecule has 22 heavy (non-hydrogen) atoms. The van der Waals surface area contributed by atoms with Crippen molar-refractivity contribution in [2.24, 2.45) is 0 Å². The van der Waals surface area contributed by atoms with E-state index in [1.165, 1.54) is 5.56 Å². The lowest BCUT2D eigenvalue weighted by Crippen LogP contribution is -2.02. The molecule has 2 N–H and O–H groups in total. The molecule has 3 aromatic rings. The van der Waals surface area contributed by atoms with E-state index in [4.69, 9.17) is 0 Å². The topological polar surface area (TPSA) is 62.7 Å². The van der Waals surface area contributed by atoms with Gasteiger partial charge in [0.2, 0.25) is 5.95 Å². The molecule has 6 heteroatoms. The third-order valence-corrected chi connectivity index (χ3v) is 3.63. The van der Waals surface area contributed by atoms with Crippen molar-refractivity contribution in [3.05, 3.63) is 64.8 Å². The van der Waals surface area contributed by atoms with E-state index in [0.717, 1.165) is 15.8 Å². The number of hydrogen-bond donors (Lipinski definition) is 2. The Labute approximate surface area is 137 Å². The summed E-state index contributed by atoms with van der Waals surface area (Å²) in [7, 11) is 0. The predicted molar refractivity (Wildman–Crippen MR) is 91.7 cm³/mol. The largest absolute Gasteiger partial charge is 0.338 e. The average molecular weight is 356 g/mol. The van der Waals surface area contributed by atoms with Crippen LogP contribution >= 0.6 is 15.9 Å². The molecule has 0 amide bonds. The Kier molecular flexibility index (Phi) is 4.29. The zero-order chi connectivity index (χ0) is 15.4. The average Bonchev–Trinajstić information content (AvgIpc) is 2.52. The van der Waals surface area contributed by atoms with E-state index >= 15 is 0 Å². The van der Waals surface area contributed by atoms with E-state index in [1.807, 2.05) is 55.5 Å². The van der Waals surface area contributed by atoms with Gasteiger partial charge in [0, 0.05) is 10.2 Å². The highest BCUT2D eigenvalue weighted by Gasteiger charge is 2.04. The van der Waals surface area contributed by atoms with E-state index in [-0.39, 0.29) is 0 Å². The molecule has 0 saturated carbocycles. The van der Waals surface area contributed by atoms with Gasteiger partial charge in [-0.15, -0.1) is 5.10 Å². The van der Waals surface area contributed by atoms with Crippen LogP contribution in [0.15, 0.2) is 59.2 Å². The van der Waals surface area contributed by atoms with Gasteiger partial charge in [-0.05, 0) is 52.7 Å². The van der Waals surface area contributed by atoms with Gasteiger partial charge in [-0.1, -0.05) is 24.3 Å². The molecule has 1 aromatic heterocycles. The van der Waals surface area contributed by atoms with Crippen LogP contribution in [0.3, 0.4) is 0 Å². The molecule has 0 aliphatic heterocycles. The Morgan fingerprint density at radius 3 is 2.59 bits per heavy atom. The van der Waals surface area contributed by atoms with Crippen LogP contribution in [0, 0.1) is 6.92 Å². The molecule has 2 aromatic carbocycles. The molecule has 0 spiro atoms. The molecular formula is C16H14BrN5. The summed E-state index contributed by atoms with van der Waals surface area (Å²) in [6, 6.07) is 15.8. The Bertz CT molecular complexity index is 776. The van der Waals surface area contributed by atoms with Gasteiger partial charge in [0.1, 0.15) is 0 Å². The molecule has 1 heterocycles. The molecule has 0 radical (unpaired) electrons. The minimum Gasteiger partial charge on any atom is -0.338 e. The van der Waals surface area contributed by atoms with Crippen LogP contribution in [0.1, 0.15) is 5.56 Å². The monoisotopic (exact) mass is 355 g/mol. The van der Waals surface area contributed by atoms with Crippen molar-refractivity contribution in [3.63, 3.8) is 0 Å². The van der Waals surface area contributed by atoms with Gasteiger partial charge in [-0.3, -0.25) is 0 Å². The Hall–Kier alpha value is -2.47. The van der Waals surface area contributed by atoms with Crippen molar-refractivity contribution in [1.82, 2.24) is 15.2 Å². The first kappa shape index (κ1) is 14.5. The number of hydrogen-bond acceptors (Lipinski definition) is 5. The van der Waals surface area contributed by atoms with Crippen molar-refractivity contribution < 1.29 is 0 Å². The molecule has 110 valence electrons. The quantitative estimate of drug-likeness (QED) is 0.724. The molecule has 0 aliphatic rings. The summed E-state index contributed by atoms with van der Waals surface area (Å²) in [5, 5.41) is 14.3. The minimum absolute atomic E-state index is 0.444. The Morgan fingerprint density at radius 1 is 1.00 bits per heavy atom. The molecule has 5 nitrogen and oxygen atoms in total. The summed E-state index contributed by atoms with van der Waals surface area (Å²) >= 11 is 3.53. The summed E-state index contributed by atoms with van der Waals surface area (Å²) in [5.74, 6) is 1.07. The first-order valence-electron chi connectivity index (χ1n) is 6.76. The third-order valence-electron chi connectivity index (χ3n) is 2.98. The number of nitrogens with zero attached hydrogens (tertiary/aromatic N) is 3. The lowest BCUT2D eigenvalue weighted by molar-refractivity contribution is 0.982. The zero-order valence-corrected chi connectivity index (χ0v) is 13.5. The highest BCUT2D eigenvalue weighted by molar-refractivity contribution is 9.10. The van der Waals surface area contributed by atoms with E-state index in [0.29, 0.717) is 11.8 Å². The number of rotatable bonds is 4. The van der Waals surface area contributed by atoms with Crippen LogP contribution in [0.25, 0.3) is 0 Å². The van der Waals surface area contributed by atoms with Gasteiger partial charge in [-0.2, -0.15) is 10.1 Å². The summed E-state index contributed by atoms with van der Waals surface area (Å²) < 4.78 is 0.976. The van der Waals surface area contributed by atoms with Crippen molar-refractivity contribution in [2.45, 2.75) is 6.92 Å². The van der Waals surface area contributed by atoms with Crippen LogP contribution in [-0.4, -0.2) is 15.2 Å². The maximum absolute atomic E-state index is 4.41. The summed E-state index contributed by atoms with van der Waals surface area (Å²) in [5.41, 5.74) is 3.03. The highest BCUT2D eigenvalue weighted by atomic mass is 79.9. The second-order valence-electron chi connectivity index (χ2n) is 4.76. The molecule has 0 atom stereocenters. The van der Waals surface area contributed by atoms with Crippen molar-refractivity contribution in [2.75, 3.05) is 10.6 Å². The molecule has 0 saturated heterocycles. The molecular weight excluding hydrogens is 342 g/mol. The summed E-state index contributed by atoms with van der Waals surface area (Å²) in [6.45, 7) is 2.04. The minimum atomic E-state index is 0.444. The van der Waals surface area contributed by atoms with E-state index in [1.54, 1.807) is 6.20 Å². The lowest BCUT2D eigenvalue weighted by Gasteiger charge is -2.09. The van der Waals surface area contributed by atoms with Gasteiger partial charge in [-0.25, -0.2) is 0 Å². The number of nitrogens with one attached hydrogen (secondary N) is 2. The van der Waals surface area contributed by atoms with Gasteiger partial charge >= 0.3 is 0 Å². The van der Waals surface area contributed by atoms with Crippen molar-refractivity contribution in [3.8, 4) is 0 Å². The van der Waals surface area contributed by atoms with Crippen molar-refractivity contribution in [1.29, 1.82) is 0 Å². The molecule has 0 bridgehead atoms. The smallest absolute Gasteiger partial charge is 0.249 e. The fourth-order valence-corrected chi connectivity index (χ4v) is 2.52. The fourth-order valence-electron chi connectivity index (χ4n) is 1.93. The van der Waals surface area contributed by atoms with Gasteiger partial charge in [0.05, 0.1) is 11.9 Å². The number of benzene rings is 2. The van der Waals surface area contributed by atoms with Crippen LogP contribution < -0.4 is 10.6 Å². The van der Waals surface area contributed by atoms with Gasteiger partial charge in [0.25, 0.3) is 0 Å². The van der Waals surface area contributed by atoms with E-state index in [2.05, 4.69) is 41.7 Å². The number of aromatic nitrogens is 3. The Balaban J connectivity index is 1.79. The molecule has 0 fully saturated rings. The molecule has 3 rings (SSSR count). The summed E-state index contributed by atoms with van der Waals surface area (Å²) in [6.07, 6.45) is 1.59. The number of anilines is 4. The van der Waals surface area contributed by atoms with Gasteiger partial charge < -0.3 is 10.6 Å². The molecule has 0 unspecified atom stereocenters. The zero-order valence-electron chi connectivity index (χ0n) is 11.9.